The minimum absolute atomic E-state index is 0.121. The Morgan fingerprint density at radius 2 is 2.25 bits per heavy atom. The number of fused-ring (bicyclic) bond motifs is 1. The van der Waals surface area contributed by atoms with Crippen LogP contribution >= 0.6 is 0 Å². The topological polar surface area (TPSA) is 59.0 Å². The summed E-state index contributed by atoms with van der Waals surface area (Å²) >= 11 is 0. The maximum Gasteiger partial charge on any atom is 0.178 e. The van der Waals surface area contributed by atoms with Crippen LogP contribution in [0.2, 0.25) is 0 Å². The molecular weight excluding hydrogens is 258 g/mol. The summed E-state index contributed by atoms with van der Waals surface area (Å²) < 4.78 is 0. The third kappa shape index (κ3) is 1.93. The first-order chi connectivity index (χ1) is 9.67. The highest BCUT2D eigenvalue weighted by molar-refractivity contribution is 5.97. The molecule has 2 aliphatic rings. The summed E-state index contributed by atoms with van der Waals surface area (Å²) in [6, 6.07) is 6.02. The first-order valence-electron chi connectivity index (χ1n) is 6.96. The van der Waals surface area contributed by atoms with Gasteiger partial charge >= 0.3 is 0 Å². The Kier molecular flexibility index (Phi) is 3.50. The van der Waals surface area contributed by atoms with Crippen LogP contribution in [0.15, 0.2) is 18.2 Å². The zero-order chi connectivity index (χ0) is 14.3. The molecule has 3 rings (SSSR count). The van der Waals surface area contributed by atoms with Gasteiger partial charge in [-0.2, -0.15) is 0 Å². The lowest BCUT2D eigenvalue weighted by atomic mass is 9.73. The van der Waals surface area contributed by atoms with E-state index < -0.39 is 18.1 Å². The predicted octanol–water partition coefficient (Wildman–Crippen LogP) is 1.04. The molecule has 108 valence electrons. The number of aliphatic hydroxyl groups excluding tert-OH is 1. The molecule has 20 heavy (non-hydrogen) atoms. The average Bonchev–Trinajstić information content (AvgIpc) is 2.87. The number of hydrogen-bond donors (Lipinski definition) is 1. The van der Waals surface area contributed by atoms with Crippen LogP contribution in [-0.4, -0.2) is 43.3 Å². The van der Waals surface area contributed by atoms with Gasteiger partial charge < -0.3 is 10.0 Å². The van der Waals surface area contributed by atoms with E-state index in [1.807, 2.05) is 18.2 Å². The Labute approximate surface area is 118 Å². The van der Waals surface area contributed by atoms with Gasteiger partial charge in [0.25, 0.3) is 0 Å². The highest BCUT2D eigenvalue weighted by atomic mass is 17.2. The Hall–Kier alpha value is -1.43. The fourth-order valence-corrected chi connectivity index (χ4v) is 3.15. The van der Waals surface area contributed by atoms with Gasteiger partial charge in [-0.3, -0.25) is 4.79 Å². The van der Waals surface area contributed by atoms with Crippen molar-refractivity contribution in [1.29, 1.82) is 0 Å². The lowest BCUT2D eigenvalue weighted by Gasteiger charge is -2.38. The highest BCUT2D eigenvalue weighted by Gasteiger charge is 2.51. The summed E-state index contributed by atoms with van der Waals surface area (Å²) in [5.41, 5.74) is 3.36. The third-order valence-corrected chi connectivity index (χ3v) is 4.27. The van der Waals surface area contributed by atoms with Crippen molar-refractivity contribution in [2.75, 3.05) is 25.1 Å². The molecule has 1 saturated carbocycles. The fourth-order valence-electron chi connectivity index (χ4n) is 3.15. The number of aliphatic hydroxyl groups is 1. The van der Waals surface area contributed by atoms with Gasteiger partial charge in [0.1, 0.15) is 6.10 Å². The standard InChI is InChI=1S/C15H19NO4/c1-3-16-7-6-9-8-10(4-5-11(9)16)12-13(17)15(14(12)18)20-19-2/h4-5,8,12-13,15,17H,3,6-7H2,1-2H3. The Balaban J connectivity index is 1.82. The molecule has 5 nitrogen and oxygen atoms in total. The maximum atomic E-state index is 12.0. The number of nitrogens with zero attached hydrogens (tertiary/aromatic N) is 1. The molecule has 5 heteroatoms. The zero-order valence-corrected chi connectivity index (χ0v) is 11.7. The lowest BCUT2D eigenvalue weighted by molar-refractivity contribution is -0.323. The molecule has 0 aromatic heterocycles. The van der Waals surface area contributed by atoms with Crippen molar-refractivity contribution in [3.05, 3.63) is 29.3 Å². The zero-order valence-electron chi connectivity index (χ0n) is 11.7. The molecule has 0 bridgehead atoms. The van der Waals surface area contributed by atoms with Crippen molar-refractivity contribution in [2.24, 2.45) is 0 Å². The summed E-state index contributed by atoms with van der Waals surface area (Å²) in [7, 11) is 1.34. The van der Waals surface area contributed by atoms with Crippen LogP contribution in [0.1, 0.15) is 24.0 Å². The second-order valence-corrected chi connectivity index (χ2v) is 5.27. The van der Waals surface area contributed by atoms with Crippen molar-refractivity contribution in [1.82, 2.24) is 0 Å². The van der Waals surface area contributed by atoms with Gasteiger partial charge in [0.15, 0.2) is 11.9 Å². The van der Waals surface area contributed by atoms with E-state index >= 15 is 0 Å². The van der Waals surface area contributed by atoms with Crippen molar-refractivity contribution in [2.45, 2.75) is 31.5 Å². The monoisotopic (exact) mass is 277 g/mol. The summed E-state index contributed by atoms with van der Waals surface area (Å²) in [4.78, 5) is 23.6. The van der Waals surface area contributed by atoms with E-state index in [9.17, 15) is 9.90 Å². The fraction of sp³-hybridized carbons (Fsp3) is 0.533. The molecule has 1 aliphatic carbocycles. The number of rotatable bonds is 4. The van der Waals surface area contributed by atoms with Crippen molar-refractivity contribution in [3.8, 4) is 0 Å². The number of hydrogen-bond acceptors (Lipinski definition) is 5. The van der Waals surface area contributed by atoms with Gasteiger partial charge in [-0.25, -0.2) is 9.78 Å². The smallest absolute Gasteiger partial charge is 0.178 e. The molecule has 1 aromatic carbocycles. The molecule has 3 atom stereocenters. The number of ketones is 1. The number of carbonyl (C=O) groups is 1. The number of likely N-dealkylation sites (N-methyl/N-ethyl adjacent to an activating group) is 1. The minimum atomic E-state index is -0.856. The number of carbonyl (C=O) groups excluding carboxylic acids is 1. The Morgan fingerprint density at radius 1 is 1.45 bits per heavy atom. The molecule has 1 fully saturated rings. The molecule has 0 amide bonds. The van der Waals surface area contributed by atoms with E-state index in [4.69, 9.17) is 4.89 Å². The number of Topliss-reactive ketones (excluding diaryl/α,β-unsaturated/α-hetero) is 1. The molecule has 1 aliphatic heterocycles. The first kappa shape index (κ1) is 13.5. The lowest BCUT2D eigenvalue weighted by Crippen LogP contribution is -2.55. The van der Waals surface area contributed by atoms with Gasteiger partial charge in [-0.1, -0.05) is 12.1 Å². The SMILES string of the molecule is CCN1CCc2cc(C3C(=O)C(OOC)C3O)ccc21. The second-order valence-electron chi connectivity index (χ2n) is 5.27. The van der Waals surface area contributed by atoms with Crippen LogP contribution in [0.4, 0.5) is 5.69 Å². The summed E-state index contributed by atoms with van der Waals surface area (Å²) in [5.74, 6) is -0.610. The molecule has 1 aromatic rings. The molecule has 1 heterocycles. The quantitative estimate of drug-likeness (QED) is 0.658. The van der Waals surface area contributed by atoms with Gasteiger partial charge in [-0.05, 0) is 30.5 Å². The van der Waals surface area contributed by atoms with E-state index in [1.54, 1.807) is 0 Å². The van der Waals surface area contributed by atoms with Crippen molar-refractivity contribution >= 4 is 11.5 Å². The van der Waals surface area contributed by atoms with Crippen LogP contribution in [0.25, 0.3) is 0 Å². The molecule has 3 unspecified atom stereocenters. The van der Waals surface area contributed by atoms with Crippen LogP contribution in [0, 0.1) is 0 Å². The largest absolute Gasteiger partial charge is 0.389 e. The van der Waals surface area contributed by atoms with Crippen molar-refractivity contribution < 1.29 is 19.7 Å². The van der Waals surface area contributed by atoms with E-state index in [1.165, 1.54) is 18.4 Å². The molecule has 0 radical (unpaired) electrons. The molecule has 0 spiro atoms. The van der Waals surface area contributed by atoms with Gasteiger partial charge in [0.05, 0.1) is 13.0 Å². The average molecular weight is 277 g/mol. The summed E-state index contributed by atoms with van der Waals surface area (Å²) in [5, 5.41) is 10.0. The number of benzene rings is 1. The maximum absolute atomic E-state index is 12.0. The van der Waals surface area contributed by atoms with Crippen LogP contribution in [-0.2, 0) is 21.0 Å². The summed E-state index contributed by atoms with van der Waals surface area (Å²) in [6.07, 6.45) is -0.693. The van der Waals surface area contributed by atoms with E-state index in [2.05, 4.69) is 16.7 Å². The Morgan fingerprint density at radius 3 is 2.90 bits per heavy atom. The van der Waals surface area contributed by atoms with Crippen LogP contribution in [0.5, 0.6) is 0 Å². The molecular formula is C15H19NO4. The highest BCUT2D eigenvalue weighted by Crippen LogP contribution is 2.38. The molecule has 0 saturated heterocycles. The van der Waals surface area contributed by atoms with E-state index in [0.717, 1.165) is 25.1 Å². The van der Waals surface area contributed by atoms with Gasteiger partial charge in [-0.15, -0.1) is 0 Å². The normalized spacial score (nSPS) is 28.4. The van der Waals surface area contributed by atoms with Gasteiger partial charge in [0.2, 0.25) is 0 Å². The van der Waals surface area contributed by atoms with Crippen LogP contribution in [0.3, 0.4) is 0 Å². The molecule has 1 N–H and O–H groups in total. The Bertz CT molecular complexity index is 531. The second kappa shape index (κ2) is 5.16. The predicted molar refractivity (Wildman–Crippen MR) is 73.7 cm³/mol. The third-order valence-electron chi connectivity index (χ3n) is 4.27. The van der Waals surface area contributed by atoms with Crippen molar-refractivity contribution in [3.63, 3.8) is 0 Å². The van der Waals surface area contributed by atoms with E-state index in [-0.39, 0.29) is 5.78 Å². The number of anilines is 1. The van der Waals surface area contributed by atoms with E-state index in [0.29, 0.717) is 0 Å². The minimum Gasteiger partial charge on any atom is -0.389 e. The van der Waals surface area contributed by atoms with Gasteiger partial charge in [0, 0.05) is 18.8 Å². The van der Waals surface area contributed by atoms with Crippen LogP contribution < -0.4 is 4.90 Å². The summed E-state index contributed by atoms with van der Waals surface area (Å²) in [6.45, 7) is 4.14. The first-order valence-corrected chi connectivity index (χ1v) is 6.96.